The van der Waals surface area contributed by atoms with Crippen LogP contribution in [-0.4, -0.2) is 89.5 Å². The van der Waals surface area contributed by atoms with Crippen molar-refractivity contribution >= 4 is 11.9 Å². The third-order valence-corrected chi connectivity index (χ3v) is 3.73. The molecule has 6 heteroatoms. The maximum Gasteiger partial charge on any atom is 0.305 e. The first-order valence-electron chi connectivity index (χ1n) is 9.42. The van der Waals surface area contributed by atoms with Crippen molar-refractivity contribution in [1.82, 2.24) is 0 Å². The first-order valence-corrected chi connectivity index (χ1v) is 9.42. The van der Waals surface area contributed by atoms with E-state index in [4.69, 9.17) is 9.47 Å². The van der Waals surface area contributed by atoms with Crippen LogP contribution in [-0.2, 0) is 19.1 Å². The van der Waals surface area contributed by atoms with E-state index < -0.39 is 0 Å². The summed E-state index contributed by atoms with van der Waals surface area (Å²) >= 11 is 0. The zero-order chi connectivity index (χ0) is 19.3. The molecule has 0 aliphatic heterocycles. The number of quaternary nitrogens is 2. The van der Waals surface area contributed by atoms with Gasteiger partial charge in [-0.2, -0.15) is 0 Å². The van der Waals surface area contributed by atoms with Crippen molar-refractivity contribution in [2.75, 3.05) is 68.6 Å². The summed E-state index contributed by atoms with van der Waals surface area (Å²) < 4.78 is 12.2. The van der Waals surface area contributed by atoms with E-state index in [0.717, 1.165) is 54.2 Å². The maximum absolute atomic E-state index is 11.6. The van der Waals surface area contributed by atoms with Gasteiger partial charge in [0.2, 0.25) is 0 Å². The van der Waals surface area contributed by atoms with E-state index in [1.54, 1.807) is 0 Å². The van der Waals surface area contributed by atoms with E-state index in [1.807, 2.05) is 0 Å². The minimum atomic E-state index is -0.135. The van der Waals surface area contributed by atoms with Crippen LogP contribution in [0.4, 0.5) is 0 Å². The first-order chi connectivity index (χ1) is 11.5. The van der Waals surface area contributed by atoms with Gasteiger partial charge in [-0.15, -0.1) is 0 Å². The summed E-state index contributed by atoms with van der Waals surface area (Å²) in [6, 6.07) is 0. The van der Waals surface area contributed by atoms with Crippen LogP contribution in [0.15, 0.2) is 0 Å². The van der Waals surface area contributed by atoms with E-state index >= 15 is 0 Å². The number of carbonyl (C=O) groups is 2. The molecule has 6 nitrogen and oxygen atoms in total. The van der Waals surface area contributed by atoms with Gasteiger partial charge in [-0.1, -0.05) is 6.42 Å². The SMILES string of the molecule is C[N+](C)(C)CCCOC(=O)CCCCCC(=O)OCCC[N+](C)(C)C. The van der Waals surface area contributed by atoms with Crippen molar-refractivity contribution in [2.24, 2.45) is 0 Å². The lowest BCUT2D eigenvalue weighted by atomic mass is 10.1. The minimum Gasteiger partial charge on any atom is -0.465 e. The monoisotopic (exact) mass is 360 g/mol. The maximum atomic E-state index is 11.6. The van der Waals surface area contributed by atoms with Crippen molar-refractivity contribution in [2.45, 2.75) is 44.9 Å². The smallest absolute Gasteiger partial charge is 0.305 e. The highest BCUT2D eigenvalue weighted by Gasteiger charge is 2.09. The van der Waals surface area contributed by atoms with Crippen LogP contribution in [0, 0.1) is 0 Å². The molecular weight excluding hydrogens is 320 g/mol. The standard InChI is InChI=1S/C19H40N2O4/c1-20(2,3)14-10-16-24-18(22)12-8-7-9-13-19(23)25-17-11-15-21(4,5)6/h7-17H2,1-6H3/q+2. The van der Waals surface area contributed by atoms with Crippen LogP contribution in [0.1, 0.15) is 44.9 Å². The Morgan fingerprint density at radius 2 is 0.960 bits per heavy atom. The molecule has 0 N–H and O–H groups in total. The Morgan fingerprint density at radius 3 is 1.28 bits per heavy atom. The molecule has 0 aromatic rings. The fourth-order valence-electron chi connectivity index (χ4n) is 2.31. The third kappa shape index (κ3) is 19.0. The van der Waals surface area contributed by atoms with Crippen LogP contribution in [0.25, 0.3) is 0 Å². The van der Waals surface area contributed by atoms with Crippen molar-refractivity contribution in [1.29, 1.82) is 0 Å². The van der Waals surface area contributed by atoms with Gasteiger partial charge in [0.15, 0.2) is 0 Å². The summed E-state index contributed by atoms with van der Waals surface area (Å²) in [6.07, 6.45) is 5.02. The highest BCUT2D eigenvalue weighted by atomic mass is 16.5. The molecule has 0 atom stereocenters. The molecule has 0 aromatic heterocycles. The van der Waals surface area contributed by atoms with E-state index in [-0.39, 0.29) is 11.9 Å². The quantitative estimate of drug-likeness (QED) is 0.271. The van der Waals surface area contributed by atoms with Gasteiger partial charge >= 0.3 is 11.9 Å². The lowest BCUT2D eigenvalue weighted by molar-refractivity contribution is -0.870. The molecule has 0 saturated carbocycles. The van der Waals surface area contributed by atoms with Gasteiger partial charge in [0, 0.05) is 25.7 Å². The number of unbranched alkanes of at least 4 members (excludes halogenated alkanes) is 2. The molecule has 25 heavy (non-hydrogen) atoms. The summed E-state index contributed by atoms with van der Waals surface area (Å²) in [6.45, 7) is 2.97. The van der Waals surface area contributed by atoms with E-state index in [2.05, 4.69) is 42.3 Å². The molecule has 0 radical (unpaired) electrons. The van der Waals surface area contributed by atoms with Crippen LogP contribution in [0.3, 0.4) is 0 Å². The molecule has 148 valence electrons. The van der Waals surface area contributed by atoms with E-state index in [0.29, 0.717) is 26.1 Å². The number of hydrogen-bond acceptors (Lipinski definition) is 4. The molecule has 0 rings (SSSR count). The molecule has 0 spiro atoms. The van der Waals surface area contributed by atoms with Crippen molar-refractivity contribution in [3.63, 3.8) is 0 Å². The van der Waals surface area contributed by atoms with Crippen molar-refractivity contribution < 1.29 is 28.0 Å². The van der Waals surface area contributed by atoms with Gasteiger partial charge in [-0.05, 0) is 12.8 Å². The van der Waals surface area contributed by atoms with E-state index in [1.165, 1.54) is 0 Å². The molecule has 0 heterocycles. The Kier molecular flexibility index (Phi) is 11.7. The van der Waals surface area contributed by atoms with Crippen LogP contribution >= 0.6 is 0 Å². The summed E-state index contributed by atoms with van der Waals surface area (Å²) in [5.74, 6) is -0.270. The Hall–Kier alpha value is -1.14. The lowest BCUT2D eigenvalue weighted by Gasteiger charge is -2.23. The molecule has 0 aliphatic rings. The topological polar surface area (TPSA) is 52.6 Å². The van der Waals surface area contributed by atoms with Gasteiger partial charge in [0.25, 0.3) is 0 Å². The second-order valence-corrected chi connectivity index (χ2v) is 8.74. The Bertz CT molecular complexity index is 348. The predicted octanol–water partition coefficient (Wildman–Crippen LogP) is 2.22. The molecule has 0 fully saturated rings. The fraction of sp³-hybridized carbons (Fsp3) is 0.895. The Balaban J connectivity index is 3.47. The lowest BCUT2D eigenvalue weighted by Crippen LogP contribution is -2.35. The summed E-state index contributed by atoms with van der Waals surface area (Å²) in [5.41, 5.74) is 0. The Morgan fingerprint density at radius 1 is 0.600 bits per heavy atom. The fourth-order valence-corrected chi connectivity index (χ4v) is 2.31. The average Bonchev–Trinajstić information content (AvgIpc) is 2.46. The molecule has 0 aliphatic carbocycles. The second-order valence-electron chi connectivity index (χ2n) is 8.74. The van der Waals surface area contributed by atoms with Gasteiger partial charge < -0.3 is 18.4 Å². The van der Waals surface area contributed by atoms with Crippen molar-refractivity contribution in [3.8, 4) is 0 Å². The molecule has 0 bridgehead atoms. The highest BCUT2D eigenvalue weighted by Crippen LogP contribution is 2.06. The number of hydrogen-bond donors (Lipinski definition) is 0. The molecule has 0 aromatic carbocycles. The number of rotatable bonds is 14. The third-order valence-electron chi connectivity index (χ3n) is 3.73. The normalized spacial score (nSPS) is 12.1. The van der Waals surface area contributed by atoms with Gasteiger partial charge in [-0.25, -0.2) is 0 Å². The predicted molar refractivity (Wildman–Crippen MR) is 100 cm³/mol. The van der Waals surface area contributed by atoms with Gasteiger partial charge in [0.05, 0.1) is 68.6 Å². The molecule has 0 saturated heterocycles. The van der Waals surface area contributed by atoms with Crippen LogP contribution < -0.4 is 0 Å². The van der Waals surface area contributed by atoms with Crippen molar-refractivity contribution in [3.05, 3.63) is 0 Å². The summed E-state index contributed by atoms with van der Waals surface area (Å²) in [5, 5.41) is 0. The number of nitrogens with zero attached hydrogens (tertiary/aromatic N) is 2. The molecular formula is C19H40N2O4+2. The molecule has 0 amide bonds. The number of carbonyl (C=O) groups excluding carboxylic acids is 2. The van der Waals surface area contributed by atoms with Crippen LogP contribution in [0.2, 0.25) is 0 Å². The summed E-state index contributed by atoms with van der Waals surface area (Å²) in [4.78, 5) is 23.2. The Labute approximate surface area is 154 Å². The second kappa shape index (κ2) is 12.3. The number of ether oxygens (including phenoxy) is 2. The largest absolute Gasteiger partial charge is 0.465 e. The van der Waals surface area contributed by atoms with Crippen LogP contribution in [0.5, 0.6) is 0 Å². The zero-order valence-electron chi connectivity index (χ0n) is 17.3. The minimum absolute atomic E-state index is 0.135. The highest BCUT2D eigenvalue weighted by molar-refractivity contribution is 5.69. The number of esters is 2. The molecule has 0 unspecified atom stereocenters. The zero-order valence-corrected chi connectivity index (χ0v) is 17.3. The average molecular weight is 361 g/mol. The van der Waals surface area contributed by atoms with Gasteiger partial charge in [-0.3, -0.25) is 9.59 Å². The van der Waals surface area contributed by atoms with E-state index in [9.17, 15) is 9.59 Å². The van der Waals surface area contributed by atoms with Gasteiger partial charge in [0.1, 0.15) is 0 Å². The summed E-state index contributed by atoms with van der Waals surface area (Å²) in [7, 11) is 12.7. The first kappa shape index (κ1) is 23.9.